The lowest BCUT2D eigenvalue weighted by Crippen LogP contribution is -1.79. The number of halogens is 1. The van der Waals surface area contributed by atoms with Crippen LogP contribution in [0.1, 0.15) is 5.56 Å². The van der Waals surface area contributed by atoms with Crippen LogP contribution in [0.5, 0.6) is 0 Å². The Bertz CT molecular complexity index is 258. The Kier molecular flexibility index (Phi) is 2.36. The topological polar surface area (TPSA) is 0 Å². The van der Waals surface area contributed by atoms with Crippen molar-refractivity contribution in [1.82, 2.24) is 0 Å². The Hall–Kier alpha value is -0.930. The maximum absolute atomic E-state index is 5.69. The van der Waals surface area contributed by atoms with E-state index in [1.54, 1.807) is 12.1 Å². The molecule has 0 aromatic heterocycles. The maximum atomic E-state index is 5.69. The SMILES string of the molecule is C#CCc1[c]ccc(Cl)c1. The van der Waals surface area contributed by atoms with Crippen molar-refractivity contribution in [2.24, 2.45) is 0 Å². The molecule has 0 amide bonds. The standard InChI is InChI=1S/C9H6Cl/c1-2-4-8-5-3-6-9(10)7-8/h1,3,6-7H,4H2. The van der Waals surface area contributed by atoms with Crippen molar-refractivity contribution < 1.29 is 0 Å². The summed E-state index contributed by atoms with van der Waals surface area (Å²) in [4.78, 5) is 0. The molecular formula is C9H6Cl. The summed E-state index contributed by atoms with van der Waals surface area (Å²) in [5, 5.41) is 0.712. The average Bonchev–Trinajstić information content (AvgIpc) is 1.88. The molecule has 0 bridgehead atoms. The van der Waals surface area contributed by atoms with Crippen LogP contribution < -0.4 is 0 Å². The molecular weight excluding hydrogens is 144 g/mol. The summed E-state index contributed by atoms with van der Waals surface area (Å²) in [7, 11) is 0. The molecule has 0 fully saturated rings. The van der Waals surface area contributed by atoms with Gasteiger partial charge < -0.3 is 0 Å². The number of hydrogen-bond acceptors (Lipinski definition) is 0. The van der Waals surface area contributed by atoms with Gasteiger partial charge in [0.25, 0.3) is 0 Å². The van der Waals surface area contributed by atoms with Crippen molar-refractivity contribution >= 4 is 11.6 Å². The number of terminal acetylenes is 1. The van der Waals surface area contributed by atoms with Crippen LogP contribution in [-0.4, -0.2) is 0 Å². The Morgan fingerprint density at radius 2 is 2.50 bits per heavy atom. The molecule has 1 aromatic rings. The highest BCUT2D eigenvalue weighted by molar-refractivity contribution is 6.30. The number of benzene rings is 1. The Balaban J connectivity index is 2.87. The summed E-state index contributed by atoms with van der Waals surface area (Å²) >= 11 is 5.69. The van der Waals surface area contributed by atoms with Crippen LogP contribution >= 0.6 is 11.6 Å². The Morgan fingerprint density at radius 3 is 3.10 bits per heavy atom. The lowest BCUT2D eigenvalue weighted by molar-refractivity contribution is 1.31. The molecule has 1 heteroatoms. The van der Waals surface area contributed by atoms with Crippen LogP contribution in [0.25, 0.3) is 0 Å². The van der Waals surface area contributed by atoms with E-state index >= 15 is 0 Å². The van der Waals surface area contributed by atoms with Gasteiger partial charge in [-0.15, -0.1) is 12.3 Å². The molecule has 0 aliphatic rings. The summed E-state index contributed by atoms with van der Waals surface area (Å²) in [6, 6.07) is 8.36. The van der Waals surface area contributed by atoms with Crippen LogP contribution in [0.4, 0.5) is 0 Å². The van der Waals surface area contributed by atoms with Gasteiger partial charge in [0.1, 0.15) is 0 Å². The van der Waals surface area contributed by atoms with Crippen molar-refractivity contribution in [3.8, 4) is 12.3 Å². The summed E-state index contributed by atoms with van der Waals surface area (Å²) in [6.45, 7) is 0. The molecule has 10 heavy (non-hydrogen) atoms. The van der Waals surface area contributed by atoms with E-state index in [9.17, 15) is 0 Å². The van der Waals surface area contributed by atoms with Crippen molar-refractivity contribution in [3.63, 3.8) is 0 Å². The summed E-state index contributed by atoms with van der Waals surface area (Å²) in [5.74, 6) is 2.52. The molecule has 1 aromatic carbocycles. The molecule has 0 aliphatic heterocycles. The molecule has 0 nitrogen and oxygen atoms in total. The first-order valence-corrected chi connectivity index (χ1v) is 3.30. The largest absolute Gasteiger partial charge is 0.120 e. The van der Waals surface area contributed by atoms with Gasteiger partial charge >= 0.3 is 0 Å². The fourth-order valence-corrected chi connectivity index (χ4v) is 0.891. The molecule has 0 spiro atoms. The zero-order valence-corrected chi connectivity index (χ0v) is 6.15. The molecule has 0 saturated heterocycles. The van der Waals surface area contributed by atoms with Crippen LogP contribution in [-0.2, 0) is 6.42 Å². The van der Waals surface area contributed by atoms with Gasteiger partial charge in [-0.05, 0) is 23.8 Å². The van der Waals surface area contributed by atoms with Crippen molar-refractivity contribution in [1.29, 1.82) is 0 Å². The first-order valence-electron chi connectivity index (χ1n) is 2.92. The molecule has 1 radical (unpaired) electrons. The lowest BCUT2D eigenvalue weighted by atomic mass is 10.2. The van der Waals surface area contributed by atoms with Gasteiger partial charge in [0.05, 0.1) is 0 Å². The van der Waals surface area contributed by atoms with Gasteiger partial charge in [-0.25, -0.2) is 0 Å². The fourth-order valence-electron chi connectivity index (χ4n) is 0.697. The minimum Gasteiger partial charge on any atom is -0.120 e. The first kappa shape index (κ1) is 7.18. The van der Waals surface area contributed by atoms with E-state index < -0.39 is 0 Å². The minimum absolute atomic E-state index is 0.598. The number of rotatable bonds is 1. The van der Waals surface area contributed by atoms with Gasteiger partial charge in [0.2, 0.25) is 0 Å². The quantitative estimate of drug-likeness (QED) is 0.538. The molecule has 0 heterocycles. The minimum atomic E-state index is 0.598. The van der Waals surface area contributed by atoms with Gasteiger partial charge in [0, 0.05) is 11.4 Å². The second kappa shape index (κ2) is 3.29. The normalized spacial score (nSPS) is 8.80. The Labute approximate surface area is 65.8 Å². The Morgan fingerprint density at radius 1 is 1.70 bits per heavy atom. The van der Waals surface area contributed by atoms with E-state index in [0.717, 1.165) is 5.56 Å². The van der Waals surface area contributed by atoms with E-state index in [1.165, 1.54) is 0 Å². The highest BCUT2D eigenvalue weighted by atomic mass is 35.5. The van der Waals surface area contributed by atoms with Gasteiger partial charge in [-0.3, -0.25) is 0 Å². The smallest absolute Gasteiger partial charge is 0.0409 e. The maximum Gasteiger partial charge on any atom is 0.0409 e. The van der Waals surface area contributed by atoms with Crippen molar-refractivity contribution in [3.05, 3.63) is 34.9 Å². The van der Waals surface area contributed by atoms with Crippen LogP contribution in [0.15, 0.2) is 18.2 Å². The predicted molar refractivity (Wildman–Crippen MR) is 42.8 cm³/mol. The summed E-state index contributed by atoms with van der Waals surface area (Å²) in [5.41, 5.74) is 0.968. The fraction of sp³-hybridized carbons (Fsp3) is 0.111. The van der Waals surface area contributed by atoms with E-state index in [4.69, 9.17) is 18.0 Å². The van der Waals surface area contributed by atoms with Gasteiger partial charge in [0.15, 0.2) is 0 Å². The zero-order valence-electron chi connectivity index (χ0n) is 5.39. The molecule has 0 aliphatic carbocycles. The first-order chi connectivity index (χ1) is 4.83. The number of hydrogen-bond donors (Lipinski definition) is 0. The van der Waals surface area contributed by atoms with E-state index in [1.807, 2.05) is 6.07 Å². The third-order valence-corrected chi connectivity index (χ3v) is 1.35. The third-order valence-electron chi connectivity index (χ3n) is 1.12. The predicted octanol–water partition coefficient (Wildman–Crippen LogP) is 2.32. The third kappa shape index (κ3) is 1.79. The molecule has 0 N–H and O–H groups in total. The second-order valence-corrected chi connectivity index (χ2v) is 2.35. The van der Waals surface area contributed by atoms with Crippen LogP contribution in [0, 0.1) is 18.4 Å². The van der Waals surface area contributed by atoms with Crippen molar-refractivity contribution in [2.75, 3.05) is 0 Å². The van der Waals surface area contributed by atoms with Crippen LogP contribution in [0.2, 0.25) is 5.02 Å². The lowest BCUT2D eigenvalue weighted by Gasteiger charge is -1.92. The zero-order chi connectivity index (χ0) is 7.40. The van der Waals surface area contributed by atoms with E-state index in [2.05, 4.69) is 12.0 Å². The summed E-state index contributed by atoms with van der Waals surface area (Å²) < 4.78 is 0. The monoisotopic (exact) mass is 149 g/mol. The van der Waals surface area contributed by atoms with E-state index in [0.29, 0.717) is 11.4 Å². The molecule has 0 saturated carbocycles. The van der Waals surface area contributed by atoms with Gasteiger partial charge in [-0.2, -0.15) is 0 Å². The molecule has 49 valence electrons. The van der Waals surface area contributed by atoms with E-state index in [-0.39, 0.29) is 0 Å². The highest BCUT2D eigenvalue weighted by Crippen LogP contribution is 2.09. The van der Waals surface area contributed by atoms with Crippen LogP contribution in [0.3, 0.4) is 0 Å². The highest BCUT2D eigenvalue weighted by Gasteiger charge is 1.89. The summed E-state index contributed by atoms with van der Waals surface area (Å²) in [6.07, 6.45) is 5.70. The molecule has 0 unspecified atom stereocenters. The second-order valence-electron chi connectivity index (χ2n) is 1.91. The van der Waals surface area contributed by atoms with Gasteiger partial charge in [-0.1, -0.05) is 17.7 Å². The molecule has 0 atom stereocenters. The average molecular weight is 150 g/mol. The molecule has 1 rings (SSSR count). The van der Waals surface area contributed by atoms with Crippen molar-refractivity contribution in [2.45, 2.75) is 6.42 Å².